The van der Waals surface area contributed by atoms with Gasteiger partial charge in [0.2, 0.25) is 0 Å². The van der Waals surface area contributed by atoms with Crippen molar-refractivity contribution in [3.05, 3.63) is 11.5 Å². The Hall–Kier alpha value is 1.25. The van der Waals surface area contributed by atoms with Gasteiger partial charge in [0.1, 0.15) is 0 Å². The number of thiol groups is 1. The molecule has 4 nitrogen and oxygen atoms in total. The number of methoxy groups -OCH3 is 2. The predicted octanol–water partition coefficient (Wildman–Crippen LogP) is -4.93. The van der Waals surface area contributed by atoms with Gasteiger partial charge in [0, 0.05) is 0 Å². The van der Waals surface area contributed by atoms with E-state index in [0.29, 0.717) is 0 Å². The van der Waals surface area contributed by atoms with Gasteiger partial charge in [-0.25, -0.2) is 4.79 Å². The third kappa shape index (κ3) is 6.68. The van der Waals surface area contributed by atoms with Gasteiger partial charge in [-0.05, 0) is 0 Å². The van der Waals surface area contributed by atoms with Crippen molar-refractivity contribution in [3.8, 4) is 0 Å². The van der Waals surface area contributed by atoms with Gasteiger partial charge in [-0.1, -0.05) is 12.2 Å². The third-order valence-corrected chi connectivity index (χ3v) is 1.44. The monoisotopic (exact) mass is 256 g/mol. The molecular weight excluding hydrogens is 246 g/mol. The first-order valence-electron chi connectivity index (χ1n) is 2.83. The van der Waals surface area contributed by atoms with Gasteiger partial charge in [-0.2, -0.15) is 0 Å². The zero-order valence-corrected chi connectivity index (χ0v) is 14.2. The minimum atomic E-state index is -0.783. The average Bonchev–Trinajstić information content (AvgIpc) is 2.03. The maximum atomic E-state index is 10.9. The van der Waals surface area contributed by atoms with E-state index in [0.717, 1.165) is 7.11 Å². The van der Waals surface area contributed by atoms with Crippen molar-refractivity contribution in [2.45, 2.75) is 0 Å². The number of esters is 1. The molecule has 1 N–H and O–H groups in total. The van der Waals surface area contributed by atoms with Crippen LogP contribution in [-0.2, 0) is 14.3 Å². The van der Waals surface area contributed by atoms with E-state index in [1.807, 2.05) is 0 Å². The summed E-state index contributed by atoms with van der Waals surface area (Å²) in [5, 5.41) is 9.01. The summed E-state index contributed by atoms with van der Waals surface area (Å²) < 4.78 is 8.64. The summed E-state index contributed by atoms with van der Waals surface area (Å²) in [6.45, 7) is 0. The number of rotatable bonds is 3. The van der Waals surface area contributed by atoms with Crippen LogP contribution in [0.3, 0.4) is 0 Å². The SMILES string of the molecule is COC(=O)C(C(=S)S)=C(O)OC.[H-].[H-].[Na+].[Na+]. The van der Waals surface area contributed by atoms with E-state index in [2.05, 4.69) is 34.3 Å². The molecule has 72 valence electrons. The quantitative estimate of drug-likeness (QED) is 0.132. The smallest absolute Gasteiger partial charge is 1.00 e. The van der Waals surface area contributed by atoms with Crippen molar-refractivity contribution in [1.82, 2.24) is 0 Å². The Kier molecular flexibility index (Phi) is 15.9. The Morgan fingerprint density at radius 3 is 2.00 bits per heavy atom. The Balaban J connectivity index is -0.000000101. The number of ether oxygens (including phenoxy) is 2. The van der Waals surface area contributed by atoms with Crippen molar-refractivity contribution in [2.24, 2.45) is 0 Å². The van der Waals surface area contributed by atoms with E-state index < -0.39 is 11.9 Å². The molecule has 0 radical (unpaired) electrons. The van der Waals surface area contributed by atoms with Crippen LogP contribution in [0.25, 0.3) is 0 Å². The minimum Gasteiger partial charge on any atom is -1.00 e. The van der Waals surface area contributed by atoms with Crippen molar-refractivity contribution in [1.29, 1.82) is 0 Å². The van der Waals surface area contributed by atoms with Crippen LogP contribution in [0.2, 0.25) is 0 Å². The van der Waals surface area contributed by atoms with Crippen LogP contribution in [-0.4, -0.2) is 29.5 Å². The van der Waals surface area contributed by atoms with Gasteiger partial charge in [0.15, 0.2) is 5.57 Å². The van der Waals surface area contributed by atoms with Crippen molar-refractivity contribution in [3.63, 3.8) is 0 Å². The Morgan fingerprint density at radius 1 is 1.36 bits per heavy atom. The fourth-order valence-corrected chi connectivity index (χ4v) is 0.828. The first-order valence-corrected chi connectivity index (χ1v) is 3.69. The van der Waals surface area contributed by atoms with Crippen LogP contribution >= 0.6 is 24.8 Å². The van der Waals surface area contributed by atoms with Gasteiger partial charge in [-0.3, -0.25) is 0 Å². The molecule has 0 aromatic carbocycles. The second-order valence-electron chi connectivity index (χ2n) is 1.68. The van der Waals surface area contributed by atoms with E-state index in [1.54, 1.807) is 0 Å². The van der Waals surface area contributed by atoms with Crippen LogP contribution in [0.5, 0.6) is 0 Å². The molecule has 8 heteroatoms. The van der Waals surface area contributed by atoms with Gasteiger partial charge in [0.25, 0.3) is 5.95 Å². The molecule has 0 bridgehead atoms. The van der Waals surface area contributed by atoms with Crippen molar-refractivity contribution >= 4 is 35.0 Å². The molecule has 0 spiro atoms. The molecule has 0 rings (SSSR count). The number of hydrogen-bond acceptors (Lipinski definition) is 5. The minimum absolute atomic E-state index is 0. The molecule has 0 aromatic rings. The fraction of sp³-hybridized carbons (Fsp3) is 0.333. The second-order valence-corrected chi connectivity index (χ2v) is 2.84. The molecule has 0 fully saturated rings. The molecule has 0 aliphatic rings. The number of thiocarbonyl (C=S) groups is 1. The maximum absolute atomic E-state index is 10.9. The Bertz CT molecular complexity index is 251. The number of carbonyl (C=O) groups is 1. The summed E-state index contributed by atoms with van der Waals surface area (Å²) >= 11 is 8.28. The summed E-state index contributed by atoms with van der Waals surface area (Å²) in [5.41, 5.74) is -0.252. The van der Waals surface area contributed by atoms with Gasteiger partial charge in [-0.15, -0.1) is 12.6 Å². The standard InChI is InChI=1S/C6H8O4S2.2Na.2H/c1-9-4(7)3(6(11)12)5(8)10-2;;;;/h7H,1-2H3,(H,11,12);;;;/q;2*+1;2*-1. The third-order valence-electron chi connectivity index (χ3n) is 1.01. The largest absolute Gasteiger partial charge is 1.00 e. The number of hydrogen-bond donors (Lipinski definition) is 2. The first-order chi connectivity index (χ1) is 5.54. The van der Waals surface area contributed by atoms with E-state index in [1.165, 1.54) is 7.11 Å². The summed E-state index contributed by atoms with van der Waals surface area (Å²) in [5.74, 6) is -1.38. The molecule has 0 heterocycles. The van der Waals surface area contributed by atoms with E-state index in [9.17, 15) is 4.79 Å². The molecule has 0 unspecified atom stereocenters. The summed E-state index contributed by atoms with van der Waals surface area (Å²) in [6, 6.07) is 0. The van der Waals surface area contributed by atoms with Crippen LogP contribution in [0, 0.1) is 0 Å². The number of aliphatic hydroxyl groups excluding tert-OH is 1. The molecule has 0 saturated carbocycles. The second kappa shape index (κ2) is 10.8. The maximum Gasteiger partial charge on any atom is 1.00 e. The number of aliphatic hydroxyl groups is 1. The van der Waals surface area contributed by atoms with Crippen molar-refractivity contribution < 1.29 is 81.3 Å². The normalized spacial score (nSPS) is 9.93. The zero-order valence-electron chi connectivity index (χ0n) is 10.5. The van der Waals surface area contributed by atoms with Gasteiger partial charge in [0.05, 0.1) is 18.4 Å². The molecule has 0 aromatic heterocycles. The average molecular weight is 256 g/mol. The molecule has 14 heavy (non-hydrogen) atoms. The molecule has 0 aliphatic heterocycles. The molecule has 0 saturated heterocycles. The molecule has 0 amide bonds. The van der Waals surface area contributed by atoms with Gasteiger partial charge >= 0.3 is 65.1 Å². The number of carbonyl (C=O) groups excluding carboxylic acids is 1. The zero-order chi connectivity index (χ0) is 9.72. The van der Waals surface area contributed by atoms with E-state index >= 15 is 0 Å². The van der Waals surface area contributed by atoms with Crippen LogP contribution < -0.4 is 59.1 Å². The predicted molar refractivity (Wildman–Crippen MR) is 52.5 cm³/mol. The van der Waals surface area contributed by atoms with E-state index in [4.69, 9.17) is 5.11 Å². The molecule has 0 atom stereocenters. The van der Waals surface area contributed by atoms with Gasteiger partial charge < -0.3 is 17.4 Å². The Morgan fingerprint density at radius 2 is 1.79 bits per heavy atom. The van der Waals surface area contributed by atoms with Crippen LogP contribution in [0.15, 0.2) is 11.5 Å². The summed E-state index contributed by atoms with van der Waals surface area (Å²) in [4.78, 5) is 10.9. The fourth-order valence-electron chi connectivity index (χ4n) is 0.470. The first kappa shape index (κ1) is 20.6. The van der Waals surface area contributed by atoms with Crippen molar-refractivity contribution in [2.75, 3.05) is 14.2 Å². The summed E-state index contributed by atoms with van der Waals surface area (Å²) in [6.07, 6.45) is 0. The van der Waals surface area contributed by atoms with Crippen LogP contribution in [0.4, 0.5) is 0 Å². The molecule has 0 aliphatic carbocycles. The molecular formula is C6H10Na2O4S2. The van der Waals surface area contributed by atoms with Crippen LogP contribution in [0.1, 0.15) is 2.85 Å². The topological polar surface area (TPSA) is 55.8 Å². The Labute approximate surface area is 140 Å². The van der Waals surface area contributed by atoms with E-state index in [-0.39, 0.29) is 71.7 Å². The summed E-state index contributed by atoms with van der Waals surface area (Å²) in [7, 11) is 2.36.